The van der Waals surface area contributed by atoms with Crippen LogP contribution in [0.25, 0.3) is 5.69 Å². The van der Waals surface area contributed by atoms with Gasteiger partial charge >= 0.3 is 6.03 Å². The van der Waals surface area contributed by atoms with Crippen LogP contribution in [0.5, 0.6) is 0 Å². The molecule has 2 aromatic carbocycles. The number of hydrogen-bond acceptors (Lipinski definition) is 4. The molecule has 8 nitrogen and oxygen atoms in total. The van der Waals surface area contributed by atoms with E-state index in [0.717, 1.165) is 18.5 Å². The maximum Gasteiger partial charge on any atom is 0.319 e. The van der Waals surface area contributed by atoms with Crippen molar-refractivity contribution in [1.29, 1.82) is 0 Å². The molecule has 0 aliphatic heterocycles. The second kappa shape index (κ2) is 7.28. The lowest BCUT2D eigenvalue weighted by atomic mass is 10.2. The Kier molecular flexibility index (Phi) is 4.52. The van der Waals surface area contributed by atoms with Crippen LogP contribution in [-0.2, 0) is 0 Å². The van der Waals surface area contributed by atoms with Crippen LogP contribution >= 0.6 is 0 Å². The topological polar surface area (TPSA) is 101 Å². The summed E-state index contributed by atoms with van der Waals surface area (Å²) in [5.74, 6) is -0.232. The second-order valence-corrected chi connectivity index (χ2v) is 6.32. The van der Waals surface area contributed by atoms with Crippen LogP contribution < -0.4 is 16.0 Å². The van der Waals surface area contributed by atoms with Crippen LogP contribution in [0.15, 0.2) is 61.2 Å². The van der Waals surface area contributed by atoms with Crippen LogP contribution in [0.2, 0.25) is 0 Å². The highest BCUT2D eigenvalue weighted by atomic mass is 16.2. The van der Waals surface area contributed by atoms with E-state index in [2.05, 4.69) is 26.1 Å². The number of nitrogens with one attached hydrogen (secondary N) is 3. The Morgan fingerprint density at radius 3 is 2.37 bits per heavy atom. The lowest BCUT2D eigenvalue weighted by Gasteiger charge is -2.09. The molecule has 1 aliphatic carbocycles. The largest absolute Gasteiger partial charge is 0.335 e. The molecule has 3 amide bonds. The fraction of sp³-hybridized carbons (Fsp3) is 0.158. The maximum absolute atomic E-state index is 12.5. The summed E-state index contributed by atoms with van der Waals surface area (Å²) in [5.41, 5.74) is 2.65. The SMILES string of the molecule is O=C(Nc1ccc(C(=O)Nc2cccc(-n3cnnc3)c2)cc1)NC1CC1. The first kappa shape index (κ1) is 16.8. The highest BCUT2D eigenvalue weighted by molar-refractivity contribution is 6.04. The van der Waals surface area contributed by atoms with E-state index in [4.69, 9.17) is 0 Å². The number of anilines is 2. The Labute approximate surface area is 155 Å². The summed E-state index contributed by atoms with van der Waals surface area (Å²) in [7, 11) is 0. The van der Waals surface area contributed by atoms with Gasteiger partial charge in [0.1, 0.15) is 12.7 Å². The summed E-state index contributed by atoms with van der Waals surface area (Å²) < 4.78 is 1.75. The van der Waals surface area contributed by atoms with Crippen molar-refractivity contribution in [2.75, 3.05) is 10.6 Å². The zero-order valence-electron chi connectivity index (χ0n) is 14.4. The molecule has 0 atom stereocenters. The molecule has 1 fully saturated rings. The molecule has 1 saturated carbocycles. The summed E-state index contributed by atoms with van der Waals surface area (Å²) >= 11 is 0. The second-order valence-electron chi connectivity index (χ2n) is 6.32. The molecule has 1 aliphatic rings. The average molecular weight is 362 g/mol. The maximum atomic E-state index is 12.5. The summed E-state index contributed by atoms with van der Waals surface area (Å²) in [6.07, 6.45) is 5.24. The summed E-state index contributed by atoms with van der Waals surface area (Å²) in [6.45, 7) is 0. The molecule has 4 rings (SSSR count). The Balaban J connectivity index is 1.39. The number of urea groups is 1. The Hall–Kier alpha value is -3.68. The number of carbonyl (C=O) groups excluding carboxylic acids is 2. The molecule has 0 saturated heterocycles. The minimum atomic E-state index is -0.232. The van der Waals surface area contributed by atoms with Gasteiger partial charge in [-0.25, -0.2) is 4.79 Å². The van der Waals surface area contributed by atoms with Gasteiger partial charge in [-0.05, 0) is 55.3 Å². The lowest BCUT2D eigenvalue weighted by Crippen LogP contribution is -2.30. The van der Waals surface area contributed by atoms with E-state index in [-0.39, 0.29) is 11.9 Å². The van der Waals surface area contributed by atoms with Crippen LogP contribution in [0.3, 0.4) is 0 Å². The molecular formula is C19H18N6O2. The van der Waals surface area contributed by atoms with Gasteiger partial charge in [-0.1, -0.05) is 6.07 Å². The number of aromatic nitrogens is 3. The van der Waals surface area contributed by atoms with Crippen molar-refractivity contribution in [2.45, 2.75) is 18.9 Å². The zero-order valence-corrected chi connectivity index (χ0v) is 14.4. The van der Waals surface area contributed by atoms with Gasteiger partial charge in [0.25, 0.3) is 5.91 Å². The van der Waals surface area contributed by atoms with E-state index in [1.54, 1.807) is 41.5 Å². The number of nitrogens with zero attached hydrogens (tertiary/aromatic N) is 3. The molecular weight excluding hydrogens is 344 g/mol. The Morgan fingerprint density at radius 1 is 0.926 bits per heavy atom. The molecule has 3 aromatic rings. The third-order valence-corrected chi connectivity index (χ3v) is 4.14. The first-order valence-electron chi connectivity index (χ1n) is 8.61. The number of hydrogen-bond donors (Lipinski definition) is 3. The molecule has 1 aromatic heterocycles. The third-order valence-electron chi connectivity index (χ3n) is 4.14. The predicted molar refractivity (Wildman–Crippen MR) is 101 cm³/mol. The first-order valence-corrected chi connectivity index (χ1v) is 8.61. The molecule has 0 bridgehead atoms. The highest BCUT2D eigenvalue weighted by Crippen LogP contribution is 2.19. The number of benzene rings is 2. The Morgan fingerprint density at radius 2 is 1.67 bits per heavy atom. The van der Waals surface area contributed by atoms with Gasteiger partial charge in [0, 0.05) is 23.0 Å². The standard InChI is InChI=1S/C19H18N6O2/c26-18(22-16-2-1-3-17(10-16)25-11-20-21-12-25)13-4-6-14(7-5-13)23-19(27)24-15-8-9-15/h1-7,10-12,15H,8-9H2,(H,22,26)(H2,23,24,27). The fourth-order valence-electron chi connectivity index (χ4n) is 2.57. The quantitative estimate of drug-likeness (QED) is 0.650. The van der Waals surface area contributed by atoms with Gasteiger partial charge in [0.05, 0.1) is 5.69 Å². The normalized spacial score (nSPS) is 13.0. The van der Waals surface area contributed by atoms with E-state index in [1.165, 1.54) is 0 Å². The summed E-state index contributed by atoms with van der Waals surface area (Å²) in [6, 6.07) is 14.2. The van der Waals surface area contributed by atoms with Crippen molar-refractivity contribution in [3.05, 3.63) is 66.7 Å². The van der Waals surface area contributed by atoms with E-state index >= 15 is 0 Å². The van der Waals surface area contributed by atoms with Gasteiger partial charge in [-0.3, -0.25) is 9.36 Å². The molecule has 0 unspecified atom stereocenters. The highest BCUT2D eigenvalue weighted by Gasteiger charge is 2.23. The van der Waals surface area contributed by atoms with Crippen LogP contribution in [-0.4, -0.2) is 32.7 Å². The van der Waals surface area contributed by atoms with Crippen molar-refractivity contribution < 1.29 is 9.59 Å². The molecule has 3 N–H and O–H groups in total. The minimum absolute atomic E-state index is 0.222. The van der Waals surface area contributed by atoms with Crippen molar-refractivity contribution in [3.63, 3.8) is 0 Å². The minimum Gasteiger partial charge on any atom is -0.335 e. The van der Waals surface area contributed by atoms with Gasteiger partial charge in [0.15, 0.2) is 0 Å². The number of carbonyl (C=O) groups is 2. The number of rotatable bonds is 5. The first-order chi connectivity index (χ1) is 13.2. The fourth-order valence-corrected chi connectivity index (χ4v) is 2.57. The molecule has 0 spiro atoms. The lowest BCUT2D eigenvalue weighted by molar-refractivity contribution is 0.102. The number of amides is 3. The monoisotopic (exact) mass is 362 g/mol. The van der Waals surface area contributed by atoms with E-state index in [1.807, 2.05) is 24.3 Å². The van der Waals surface area contributed by atoms with Crippen molar-refractivity contribution in [2.24, 2.45) is 0 Å². The van der Waals surface area contributed by atoms with Gasteiger partial charge in [-0.15, -0.1) is 10.2 Å². The predicted octanol–water partition coefficient (Wildman–Crippen LogP) is 2.80. The van der Waals surface area contributed by atoms with Crippen molar-refractivity contribution in [3.8, 4) is 5.69 Å². The van der Waals surface area contributed by atoms with Crippen LogP contribution in [0, 0.1) is 0 Å². The van der Waals surface area contributed by atoms with E-state index in [0.29, 0.717) is 23.0 Å². The van der Waals surface area contributed by atoms with Crippen molar-refractivity contribution >= 4 is 23.3 Å². The summed E-state index contributed by atoms with van der Waals surface area (Å²) in [4.78, 5) is 24.2. The smallest absolute Gasteiger partial charge is 0.319 e. The molecule has 0 radical (unpaired) electrons. The van der Waals surface area contributed by atoms with Gasteiger partial charge in [-0.2, -0.15) is 0 Å². The molecule has 27 heavy (non-hydrogen) atoms. The average Bonchev–Trinajstić information content (AvgIpc) is 3.31. The Bertz CT molecular complexity index is 949. The third kappa shape index (κ3) is 4.30. The van der Waals surface area contributed by atoms with Crippen LogP contribution in [0.1, 0.15) is 23.2 Å². The van der Waals surface area contributed by atoms with E-state index in [9.17, 15) is 9.59 Å². The van der Waals surface area contributed by atoms with Crippen LogP contribution in [0.4, 0.5) is 16.2 Å². The summed E-state index contributed by atoms with van der Waals surface area (Å²) in [5, 5.41) is 16.0. The molecule has 8 heteroatoms. The van der Waals surface area contributed by atoms with Crippen molar-refractivity contribution in [1.82, 2.24) is 20.1 Å². The van der Waals surface area contributed by atoms with Gasteiger partial charge < -0.3 is 16.0 Å². The molecule has 136 valence electrons. The van der Waals surface area contributed by atoms with E-state index < -0.39 is 0 Å². The van der Waals surface area contributed by atoms with Gasteiger partial charge in [0.2, 0.25) is 0 Å². The molecule has 1 heterocycles. The zero-order chi connectivity index (χ0) is 18.6.